The highest BCUT2D eigenvalue weighted by atomic mass is 16.6. The number of carbonyl (C=O) groups excluding carboxylic acids is 2. The molecule has 2 heterocycles. The van der Waals surface area contributed by atoms with E-state index in [4.69, 9.17) is 9.47 Å². The molecule has 3 unspecified atom stereocenters. The number of anilines is 2. The maximum atomic E-state index is 13.3. The van der Waals surface area contributed by atoms with Gasteiger partial charge in [0.25, 0.3) is 0 Å². The van der Waals surface area contributed by atoms with Crippen molar-refractivity contribution in [3.05, 3.63) is 84.0 Å². The van der Waals surface area contributed by atoms with Gasteiger partial charge < -0.3 is 19.7 Å². The molecule has 0 bridgehead atoms. The molecule has 1 amide bonds. The first kappa shape index (κ1) is 22.4. The van der Waals surface area contributed by atoms with Gasteiger partial charge in [0.05, 0.1) is 11.5 Å². The zero-order valence-corrected chi connectivity index (χ0v) is 20.6. The Hall–Kier alpha value is -4.06. The van der Waals surface area contributed by atoms with Gasteiger partial charge >= 0.3 is 5.97 Å². The number of fused-ring (bicyclic) bond motifs is 8. The van der Waals surface area contributed by atoms with Crippen LogP contribution in [0.4, 0.5) is 11.4 Å². The summed E-state index contributed by atoms with van der Waals surface area (Å²) in [6.45, 7) is 7.51. The van der Waals surface area contributed by atoms with Gasteiger partial charge in [0.1, 0.15) is 11.5 Å². The van der Waals surface area contributed by atoms with Crippen molar-refractivity contribution in [2.24, 2.45) is 11.8 Å². The van der Waals surface area contributed by atoms with Crippen LogP contribution in [0.5, 0.6) is 11.5 Å². The third-order valence-electron chi connectivity index (χ3n) is 7.53. The maximum Gasteiger partial charge on any atom is 0.314 e. The van der Waals surface area contributed by atoms with Crippen LogP contribution >= 0.6 is 0 Å². The van der Waals surface area contributed by atoms with Gasteiger partial charge in [0.2, 0.25) is 5.91 Å². The van der Waals surface area contributed by atoms with E-state index in [1.807, 2.05) is 48.6 Å². The standard InChI is InChI=1S/C30H28N2O4/c1-4-32(5-2)21-12-14-25-27(17-21)35-26-15-10-19-16-20(31-18(3)33)11-13-22(19)28(26)30(25)24-9-7-6-8-23(24)29(34)36-30/h6-17,23-24H,4-5H2,1-3H3,(H,31,33). The van der Waals surface area contributed by atoms with E-state index >= 15 is 0 Å². The predicted octanol–water partition coefficient (Wildman–Crippen LogP) is 5.91. The second-order valence-electron chi connectivity index (χ2n) is 9.49. The van der Waals surface area contributed by atoms with Gasteiger partial charge in [-0.15, -0.1) is 0 Å². The van der Waals surface area contributed by atoms with Crippen molar-refractivity contribution >= 4 is 34.0 Å². The lowest BCUT2D eigenvalue weighted by molar-refractivity contribution is -0.148. The van der Waals surface area contributed by atoms with Gasteiger partial charge in [-0.1, -0.05) is 36.4 Å². The fourth-order valence-corrected chi connectivity index (χ4v) is 5.97. The zero-order valence-electron chi connectivity index (χ0n) is 20.6. The highest BCUT2D eigenvalue weighted by Crippen LogP contribution is 2.60. The molecule has 3 atom stereocenters. The lowest BCUT2D eigenvalue weighted by atomic mass is 9.69. The molecule has 3 aliphatic rings. The van der Waals surface area contributed by atoms with E-state index < -0.39 is 5.60 Å². The van der Waals surface area contributed by atoms with E-state index in [0.717, 1.165) is 40.7 Å². The van der Waals surface area contributed by atoms with Crippen LogP contribution < -0.4 is 15.0 Å². The maximum absolute atomic E-state index is 13.3. The Balaban J connectivity index is 1.62. The lowest BCUT2D eigenvalue weighted by Gasteiger charge is -2.40. The van der Waals surface area contributed by atoms with Crippen LogP contribution in [0.1, 0.15) is 31.9 Å². The third kappa shape index (κ3) is 3.17. The number of hydrogen-bond donors (Lipinski definition) is 1. The molecule has 6 rings (SSSR count). The molecule has 1 spiro atoms. The first-order valence-electron chi connectivity index (χ1n) is 12.5. The van der Waals surface area contributed by atoms with Crippen molar-refractivity contribution in [3.8, 4) is 11.5 Å². The van der Waals surface area contributed by atoms with Crippen LogP contribution in [0, 0.1) is 11.8 Å². The van der Waals surface area contributed by atoms with Crippen LogP contribution in [-0.4, -0.2) is 25.0 Å². The minimum atomic E-state index is -1.03. The Kier molecular flexibility index (Phi) is 5.14. The van der Waals surface area contributed by atoms with Gasteiger partial charge in [-0.2, -0.15) is 0 Å². The summed E-state index contributed by atoms with van der Waals surface area (Å²) in [4.78, 5) is 27.2. The fraction of sp³-hybridized carbons (Fsp3) is 0.267. The summed E-state index contributed by atoms with van der Waals surface area (Å²) in [6, 6.07) is 15.9. The highest BCUT2D eigenvalue weighted by molar-refractivity contribution is 5.97. The SMILES string of the molecule is CCN(CC)c1ccc2c(c1)Oc1ccc3cc(NC(C)=O)ccc3c1C21OC(=O)C2C=CC=CC21. The molecular formula is C30H28N2O4. The zero-order chi connectivity index (χ0) is 25.0. The van der Waals surface area contributed by atoms with Gasteiger partial charge in [-0.3, -0.25) is 9.59 Å². The Labute approximate surface area is 210 Å². The lowest BCUT2D eigenvalue weighted by Crippen LogP contribution is -2.38. The number of carbonyl (C=O) groups is 2. The number of nitrogens with zero attached hydrogens (tertiary/aromatic N) is 1. The summed E-state index contributed by atoms with van der Waals surface area (Å²) in [5, 5.41) is 4.71. The Morgan fingerprint density at radius 1 is 1.00 bits per heavy atom. The molecule has 1 fully saturated rings. The molecule has 36 heavy (non-hydrogen) atoms. The molecule has 0 saturated carbocycles. The quantitative estimate of drug-likeness (QED) is 0.470. The van der Waals surface area contributed by atoms with E-state index in [-0.39, 0.29) is 23.7 Å². The molecule has 182 valence electrons. The minimum Gasteiger partial charge on any atom is -0.456 e. The van der Waals surface area contributed by atoms with Crippen molar-refractivity contribution in [1.82, 2.24) is 0 Å². The summed E-state index contributed by atoms with van der Waals surface area (Å²) in [5.41, 5.74) is 2.45. The molecule has 6 heteroatoms. The first-order chi connectivity index (χ1) is 17.5. The number of esters is 1. The molecule has 0 aromatic heterocycles. The van der Waals surface area contributed by atoms with E-state index in [0.29, 0.717) is 17.2 Å². The van der Waals surface area contributed by atoms with Crippen LogP contribution in [0.3, 0.4) is 0 Å². The summed E-state index contributed by atoms with van der Waals surface area (Å²) < 4.78 is 13.0. The molecule has 2 aliphatic heterocycles. The van der Waals surface area contributed by atoms with E-state index in [1.54, 1.807) is 0 Å². The average molecular weight is 481 g/mol. The van der Waals surface area contributed by atoms with Crippen molar-refractivity contribution in [3.63, 3.8) is 0 Å². The topological polar surface area (TPSA) is 67.9 Å². The van der Waals surface area contributed by atoms with Gasteiger partial charge in [0.15, 0.2) is 5.60 Å². The molecule has 3 aromatic carbocycles. The molecule has 3 aromatic rings. The predicted molar refractivity (Wildman–Crippen MR) is 140 cm³/mol. The Morgan fingerprint density at radius 3 is 2.58 bits per heavy atom. The molecule has 1 aliphatic carbocycles. The van der Waals surface area contributed by atoms with E-state index in [1.165, 1.54) is 6.92 Å². The first-order valence-corrected chi connectivity index (χ1v) is 12.5. The molecule has 0 radical (unpaired) electrons. The summed E-state index contributed by atoms with van der Waals surface area (Å²) in [5.74, 6) is 0.435. The Morgan fingerprint density at radius 2 is 1.81 bits per heavy atom. The highest BCUT2D eigenvalue weighted by Gasteiger charge is 2.60. The number of allylic oxidation sites excluding steroid dienone is 2. The number of nitrogens with one attached hydrogen (secondary N) is 1. The fourth-order valence-electron chi connectivity index (χ4n) is 5.97. The second-order valence-corrected chi connectivity index (χ2v) is 9.49. The number of amides is 1. The largest absolute Gasteiger partial charge is 0.456 e. The van der Waals surface area contributed by atoms with Crippen LogP contribution in [0.25, 0.3) is 10.8 Å². The number of benzene rings is 3. The smallest absolute Gasteiger partial charge is 0.314 e. The van der Waals surface area contributed by atoms with Crippen LogP contribution in [-0.2, 0) is 19.9 Å². The molecule has 1 saturated heterocycles. The number of ether oxygens (including phenoxy) is 2. The van der Waals surface area contributed by atoms with Crippen LogP contribution in [0.15, 0.2) is 72.8 Å². The third-order valence-corrected chi connectivity index (χ3v) is 7.53. The number of rotatable bonds is 4. The molecule has 1 N–H and O–H groups in total. The summed E-state index contributed by atoms with van der Waals surface area (Å²) >= 11 is 0. The van der Waals surface area contributed by atoms with Crippen LogP contribution in [0.2, 0.25) is 0 Å². The normalized spacial score (nSPS) is 23.0. The monoisotopic (exact) mass is 480 g/mol. The number of hydrogen-bond acceptors (Lipinski definition) is 5. The molecular weight excluding hydrogens is 452 g/mol. The van der Waals surface area contributed by atoms with Gasteiger partial charge in [0, 0.05) is 48.9 Å². The second kappa shape index (κ2) is 8.26. The van der Waals surface area contributed by atoms with Crippen molar-refractivity contribution in [2.45, 2.75) is 26.4 Å². The van der Waals surface area contributed by atoms with Crippen molar-refractivity contribution in [1.29, 1.82) is 0 Å². The average Bonchev–Trinajstić information content (AvgIpc) is 3.17. The van der Waals surface area contributed by atoms with E-state index in [9.17, 15) is 9.59 Å². The molecule has 6 nitrogen and oxygen atoms in total. The summed E-state index contributed by atoms with van der Waals surface area (Å²) in [6.07, 6.45) is 7.91. The van der Waals surface area contributed by atoms with Crippen molar-refractivity contribution < 1.29 is 19.1 Å². The van der Waals surface area contributed by atoms with E-state index in [2.05, 4.69) is 48.3 Å². The van der Waals surface area contributed by atoms with Gasteiger partial charge in [-0.25, -0.2) is 0 Å². The van der Waals surface area contributed by atoms with Gasteiger partial charge in [-0.05, 0) is 55.0 Å². The summed E-state index contributed by atoms with van der Waals surface area (Å²) in [7, 11) is 0. The minimum absolute atomic E-state index is 0.128. The van der Waals surface area contributed by atoms with Crippen molar-refractivity contribution in [2.75, 3.05) is 23.3 Å². The Bertz CT molecular complexity index is 1470.